The van der Waals surface area contributed by atoms with Crippen LogP contribution in [-0.4, -0.2) is 26.3 Å². The van der Waals surface area contributed by atoms with Gasteiger partial charge < -0.3 is 5.32 Å². The molecule has 0 amide bonds. The molecule has 0 radical (unpaired) electrons. The summed E-state index contributed by atoms with van der Waals surface area (Å²) in [7, 11) is 0. The van der Waals surface area contributed by atoms with Crippen LogP contribution in [0.4, 0.5) is 10.3 Å². The molecule has 2 aliphatic rings. The van der Waals surface area contributed by atoms with Crippen LogP contribution in [0.1, 0.15) is 38.8 Å². The zero-order chi connectivity index (χ0) is 18.5. The van der Waals surface area contributed by atoms with Gasteiger partial charge in [-0.05, 0) is 17.2 Å². The number of Topliss-reactive ketones (excluding diaryl/α,β-unsaturated/α-hetero) is 1. The Bertz CT molecular complexity index is 905. The number of carbonyl (C=O) groups excluding carboxylic acids is 1. The highest BCUT2D eigenvalue weighted by Gasteiger charge is 2.45. The van der Waals surface area contributed by atoms with Crippen molar-refractivity contribution < 1.29 is 9.18 Å². The SMILES string of the molecule is CCSc1nc2n(n1)[C@@H](c1ccccc1F)[C@@H]1C(=O)CC(C)(C)C=C1N2. The molecule has 0 spiro atoms. The van der Waals surface area contributed by atoms with Gasteiger partial charge in [-0.3, -0.25) is 4.79 Å². The number of nitrogens with zero attached hydrogens (tertiary/aromatic N) is 3. The molecule has 2 atom stereocenters. The highest BCUT2D eigenvalue weighted by atomic mass is 32.2. The first kappa shape index (κ1) is 17.3. The smallest absolute Gasteiger partial charge is 0.227 e. The van der Waals surface area contributed by atoms with Gasteiger partial charge >= 0.3 is 0 Å². The summed E-state index contributed by atoms with van der Waals surface area (Å²) in [5, 5.41) is 8.47. The number of nitrogens with one attached hydrogen (secondary N) is 1. The minimum absolute atomic E-state index is 0.0964. The molecule has 1 aliphatic carbocycles. The van der Waals surface area contributed by atoms with E-state index in [2.05, 4.69) is 21.5 Å². The zero-order valence-electron chi connectivity index (χ0n) is 15.0. The minimum atomic E-state index is -0.527. The number of ketones is 1. The largest absolute Gasteiger partial charge is 0.328 e. The summed E-state index contributed by atoms with van der Waals surface area (Å²) in [6.45, 7) is 6.10. The van der Waals surface area contributed by atoms with E-state index in [1.165, 1.54) is 17.8 Å². The Morgan fingerprint density at radius 3 is 2.88 bits per heavy atom. The van der Waals surface area contributed by atoms with Gasteiger partial charge in [-0.2, -0.15) is 4.98 Å². The second kappa shape index (κ2) is 6.23. The minimum Gasteiger partial charge on any atom is -0.328 e. The molecule has 0 saturated heterocycles. The summed E-state index contributed by atoms with van der Waals surface area (Å²) in [5.41, 5.74) is 1.03. The first-order chi connectivity index (χ1) is 12.4. The van der Waals surface area contributed by atoms with Gasteiger partial charge in [0.05, 0.1) is 12.0 Å². The molecule has 1 N–H and O–H groups in total. The van der Waals surface area contributed by atoms with Crippen LogP contribution >= 0.6 is 11.8 Å². The molecule has 0 bridgehead atoms. The summed E-state index contributed by atoms with van der Waals surface area (Å²) in [5.74, 6) is 0.684. The van der Waals surface area contributed by atoms with Crippen molar-refractivity contribution in [1.29, 1.82) is 0 Å². The fourth-order valence-electron chi connectivity index (χ4n) is 3.82. The Kier molecular flexibility index (Phi) is 4.14. The number of allylic oxidation sites excluding steroid dienone is 2. The summed E-state index contributed by atoms with van der Waals surface area (Å²) < 4.78 is 16.3. The highest BCUT2D eigenvalue weighted by molar-refractivity contribution is 7.99. The van der Waals surface area contributed by atoms with Gasteiger partial charge in [-0.1, -0.05) is 56.8 Å². The molecular weight excluding hydrogens is 351 g/mol. The van der Waals surface area contributed by atoms with Gasteiger partial charge in [0.2, 0.25) is 11.1 Å². The lowest BCUT2D eigenvalue weighted by atomic mass is 9.72. The third kappa shape index (κ3) is 2.84. The predicted octanol–water partition coefficient (Wildman–Crippen LogP) is 4.04. The van der Waals surface area contributed by atoms with Crippen molar-refractivity contribution in [3.05, 3.63) is 47.4 Å². The third-order valence-corrected chi connectivity index (χ3v) is 5.52. The number of anilines is 1. The Labute approximate surface area is 156 Å². The Balaban J connectivity index is 1.91. The molecule has 1 aromatic carbocycles. The number of benzene rings is 1. The van der Waals surface area contributed by atoms with E-state index in [1.54, 1.807) is 22.9 Å². The molecule has 5 nitrogen and oxygen atoms in total. The standard InChI is InChI=1S/C19H21FN4OS/c1-4-26-18-22-17-21-13-9-19(2,3)10-14(25)15(13)16(24(17)23-18)11-7-5-6-8-12(11)20/h5-9,15-16H,4,10H2,1-3H3,(H,21,22,23)/t15-,16-/m0/s1. The lowest BCUT2D eigenvalue weighted by molar-refractivity contribution is -0.125. The first-order valence-electron chi connectivity index (χ1n) is 8.76. The Morgan fingerprint density at radius 2 is 2.15 bits per heavy atom. The van der Waals surface area contributed by atoms with E-state index in [-0.39, 0.29) is 17.0 Å². The Hall–Kier alpha value is -2.15. The lowest BCUT2D eigenvalue weighted by Gasteiger charge is -2.40. The molecule has 26 heavy (non-hydrogen) atoms. The summed E-state index contributed by atoms with van der Waals surface area (Å²) in [4.78, 5) is 17.6. The average molecular weight is 372 g/mol. The molecule has 0 unspecified atom stereocenters. The molecule has 2 heterocycles. The first-order valence-corrected chi connectivity index (χ1v) is 9.74. The average Bonchev–Trinajstić information content (AvgIpc) is 2.95. The quantitative estimate of drug-likeness (QED) is 0.824. The fourth-order valence-corrected chi connectivity index (χ4v) is 4.38. The number of fused-ring (bicyclic) bond motifs is 2. The fraction of sp³-hybridized carbons (Fsp3) is 0.421. The molecule has 4 rings (SSSR count). The van der Waals surface area contributed by atoms with Crippen LogP contribution in [-0.2, 0) is 4.79 Å². The monoisotopic (exact) mass is 372 g/mol. The number of carbonyl (C=O) groups is 1. The third-order valence-electron chi connectivity index (χ3n) is 4.80. The van der Waals surface area contributed by atoms with Crippen LogP contribution in [0.5, 0.6) is 0 Å². The molecule has 0 fully saturated rings. The van der Waals surface area contributed by atoms with E-state index in [9.17, 15) is 9.18 Å². The van der Waals surface area contributed by atoms with Gasteiger partial charge in [0.25, 0.3) is 0 Å². The van der Waals surface area contributed by atoms with Gasteiger partial charge in [0.15, 0.2) is 0 Å². The molecule has 136 valence electrons. The van der Waals surface area contributed by atoms with Crippen molar-refractivity contribution in [3.63, 3.8) is 0 Å². The molecular formula is C19H21FN4OS. The molecule has 7 heteroatoms. The van der Waals surface area contributed by atoms with E-state index in [0.29, 0.717) is 23.1 Å². The molecule has 1 aliphatic heterocycles. The van der Waals surface area contributed by atoms with Crippen LogP contribution in [0.2, 0.25) is 0 Å². The van der Waals surface area contributed by atoms with Crippen LogP contribution in [0.3, 0.4) is 0 Å². The number of halogens is 1. The highest BCUT2D eigenvalue weighted by Crippen LogP contribution is 2.45. The van der Waals surface area contributed by atoms with E-state index in [4.69, 9.17) is 0 Å². The maximum absolute atomic E-state index is 14.6. The van der Waals surface area contributed by atoms with Gasteiger partial charge in [0.1, 0.15) is 11.6 Å². The Morgan fingerprint density at radius 1 is 1.38 bits per heavy atom. The summed E-state index contributed by atoms with van der Waals surface area (Å²) in [6.07, 6.45) is 2.51. The van der Waals surface area contributed by atoms with Crippen molar-refractivity contribution in [1.82, 2.24) is 14.8 Å². The van der Waals surface area contributed by atoms with E-state index >= 15 is 0 Å². The zero-order valence-corrected chi connectivity index (χ0v) is 15.8. The topological polar surface area (TPSA) is 59.8 Å². The lowest BCUT2D eigenvalue weighted by Crippen LogP contribution is -2.42. The second-order valence-electron chi connectivity index (χ2n) is 7.40. The van der Waals surface area contributed by atoms with Crippen LogP contribution in [0, 0.1) is 17.2 Å². The number of rotatable bonds is 3. The molecule has 0 saturated carbocycles. The van der Waals surface area contributed by atoms with Crippen molar-refractivity contribution in [2.24, 2.45) is 11.3 Å². The van der Waals surface area contributed by atoms with Crippen molar-refractivity contribution in [3.8, 4) is 0 Å². The second-order valence-corrected chi connectivity index (χ2v) is 8.63. The van der Waals surface area contributed by atoms with Gasteiger partial charge in [-0.25, -0.2) is 9.07 Å². The summed E-state index contributed by atoms with van der Waals surface area (Å²) in [6, 6.07) is 6.08. The normalized spacial score (nSPS) is 23.7. The van der Waals surface area contributed by atoms with E-state index < -0.39 is 12.0 Å². The number of hydrogen-bond acceptors (Lipinski definition) is 5. The van der Waals surface area contributed by atoms with Crippen LogP contribution < -0.4 is 5.32 Å². The number of aromatic nitrogens is 3. The van der Waals surface area contributed by atoms with Crippen LogP contribution in [0.15, 0.2) is 41.2 Å². The van der Waals surface area contributed by atoms with Gasteiger partial charge in [0, 0.05) is 17.7 Å². The maximum atomic E-state index is 14.6. The van der Waals surface area contributed by atoms with Crippen LogP contribution in [0.25, 0.3) is 0 Å². The number of thioether (sulfide) groups is 1. The van der Waals surface area contributed by atoms with Gasteiger partial charge in [-0.15, -0.1) is 5.10 Å². The van der Waals surface area contributed by atoms with Crippen molar-refractivity contribution in [2.45, 2.75) is 38.4 Å². The predicted molar refractivity (Wildman–Crippen MR) is 99.6 cm³/mol. The van der Waals surface area contributed by atoms with Crippen molar-refractivity contribution in [2.75, 3.05) is 11.1 Å². The maximum Gasteiger partial charge on any atom is 0.227 e. The van der Waals surface area contributed by atoms with Crippen molar-refractivity contribution >= 4 is 23.5 Å². The van der Waals surface area contributed by atoms with E-state index in [1.807, 2.05) is 20.8 Å². The summed E-state index contributed by atoms with van der Waals surface area (Å²) >= 11 is 1.52. The molecule has 2 aromatic rings. The number of hydrogen-bond donors (Lipinski definition) is 1. The molecule has 1 aromatic heterocycles. The van der Waals surface area contributed by atoms with E-state index in [0.717, 1.165) is 11.4 Å².